The lowest BCUT2D eigenvalue weighted by molar-refractivity contribution is -0.121. The maximum Gasteiger partial charge on any atom is 0.240 e. The van der Waals surface area contributed by atoms with Crippen LogP contribution in [0.25, 0.3) is 6.08 Å². The van der Waals surface area contributed by atoms with E-state index < -0.39 is 0 Å². The van der Waals surface area contributed by atoms with Gasteiger partial charge in [0, 0.05) is 19.1 Å². The summed E-state index contributed by atoms with van der Waals surface area (Å²) in [5, 5.41) is 25.7. The zero-order valence-electron chi connectivity index (χ0n) is 17.4. The van der Waals surface area contributed by atoms with Crippen molar-refractivity contribution in [2.75, 3.05) is 12.4 Å². The van der Waals surface area contributed by atoms with E-state index in [4.69, 9.17) is 4.74 Å². The molecule has 4 N–H and O–H groups in total. The quantitative estimate of drug-likeness (QED) is 0.189. The summed E-state index contributed by atoms with van der Waals surface area (Å²) >= 11 is 0. The molecule has 164 valence electrons. The van der Waals surface area contributed by atoms with Crippen molar-refractivity contribution in [3.63, 3.8) is 0 Å². The maximum atomic E-state index is 11.9. The topological polar surface area (TPSA) is 120 Å². The number of carbonyl (C=O) groups excluding carboxylic acids is 2. The minimum Gasteiger partial charge on any atom is -0.506 e. The van der Waals surface area contributed by atoms with Crippen LogP contribution in [0.2, 0.25) is 0 Å². The number of para-hydroxylation sites is 2. The Morgan fingerprint density at radius 1 is 1.00 bits per heavy atom. The fourth-order valence-corrected chi connectivity index (χ4v) is 2.70. The molecule has 8 heteroatoms. The Morgan fingerprint density at radius 2 is 1.74 bits per heavy atom. The van der Waals surface area contributed by atoms with Crippen molar-refractivity contribution in [1.29, 1.82) is 0 Å². The highest BCUT2D eigenvalue weighted by Gasteiger charge is 2.06. The van der Waals surface area contributed by atoms with Gasteiger partial charge < -0.3 is 20.3 Å². The monoisotopic (exact) mass is 425 g/mol. The van der Waals surface area contributed by atoms with Crippen LogP contribution in [0.5, 0.6) is 17.2 Å². The van der Waals surface area contributed by atoms with Crippen molar-refractivity contribution in [2.45, 2.75) is 32.1 Å². The molecule has 2 rings (SSSR count). The van der Waals surface area contributed by atoms with Gasteiger partial charge in [0.25, 0.3) is 0 Å². The van der Waals surface area contributed by atoms with E-state index in [0.717, 1.165) is 12.0 Å². The number of anilines is 1. The number of benzene rings is 2. The van der Waals surface area contributed by atoms with Gasteiger partial charge in [-0.3, -0.25) is 9.59 Å². The summed E-state index contributed by atoms with van der Waals surface area (Å²) in [7, 11) is 1.48. The minimum atomic E-state index is -0.199. The molecule has 0 fully saturated rings. The molecule has 0 atom stereocenters. The van der Waals surface area contributed by atoms with E-state index in [0.29, 0.717) is 37.1 Å². The lowest BCUT2D eigenvalue weighted by atomic mass is 10.1. The van der Waals surface area contributed by atoms with E-state index in [1.54, 1.807) is 42.5 Å². The highest BCUT2D eigenvalue weighted by Crippen LogP contribution is 2.26. The number of hydrogen-bond donors (Lipinski definition) is 4. The molecule has 2 amide bonds. The van der Waals surface area contributed by atoms with Gasteiger partial charge in [0.1, 0.15) is 5.75 Å². The van der Waals surface area contributed by atoms with Crippen molar-refractivity contribution in [2.24, 2.45) is 5.10 Å². The number of amides is 2. The summed E-state index contributed by atoms with van der Waals surface area (Å²) in [5.41, 5.74) is 3.66. The number of hydrogen-bond acceptors (Lipinski definition) is 6. The van der Waals surface area contributed by atoms with Gasteiger partial charge in [-0.15, -0.1) is 0 Å². The molecule has 0 aliphatic carbocycles. The predicted molar refractivity (Wildman–Crippen MR) is 120 cm³/mol. The third-order valence-corrected chi connectivity index (χ3v) is 4.33. The van der Waals surface area contributed by atoms with Gasteiger partial charge in [-0.2, -0.15) is 5.10 Å². The highest BCUT2D eigenvalue weighted by atomic mass is 16.5. The highest BCUT2D eigenvalue weighted by molar-refractivity contribution is 5.92. The SMILES string of the molecule is COc1cc(C=CC=NNC(=O)CCCCCC(=O)Nc2ccccc2O)ccc1O. The number of nitrogens with zero attached hydrogens (tertiary/aromatic N) is 1. The van der Waals surface area contributed by atoms with Crippen molar-refractivity contribution >= 4 is 29.8 Å². The molecule has 0 saturated heterocycles. The number of nitrogens with one attached hydrogen (secondary N) is 2. The van der Waals surface area contributed by atoms with E-state index >= 15 is 0 Å². The summed E-state index contributed by atoms with van der Waals surface area (Å²) in [5.74, 6) is 0.105. The van der Waals surface area contributed by atoms with Gasteiger partial charge in [0.05, 0.1) is 12.8 Å². The minimum absolute atomic E-state index is 0.0331. The zero-order valence-corrected chi connectivity index (χ0v) is 17.4. The molecule has 0 spiro atoms. The maximum absolute atomic E-state index is 11.9. The smallest absolute Gasteiger partial charge is 0.240 e. The Balaban J connectivity index is 1.58. The summed E-state index contributed by atoms with van der Waals surface area (Å²) in [6, 6.07) is 11.5. The van der Waals surface area contributed by atoms with Gasteiger partial charge in [0.2, 0.25) is 11.8 Å². The van der Waals surface area contributed by atoms with Crippen LogP contribution in [0.15, 0.2) is 53.6 Å². The Morgan fingerprint density at radius 3 is 2.48 bits per heavy atom. The van der Waals surface area contributed by atoms with E-state index in [1.165, 1.54) is 25.5 Å². The Hall–Kier alpha value is -3.81. The molecular weight excluding hydrogens is 398 g/mol. The lowest BCUT2D eigenvalue weighted by Crippen LogP contribution is -2.16. The standard InChI is InChI=1S/C23H27N3O5/c1-31-21-16-17(13-14-20(21)28)8-7-15-24-26-23(30)12-4-2-3-11-22(29)25-18-9-5-6-10-19(18)27/h5-10,13-16,27-28H,2-4,11-12H2,1H3,(H,25,29)(H,26,30). The third kappa shape index (κ3) is 8.61. The van der Waals surface area contributed by atoms with Gasteiger partial charge in [-0.05, 0) is 48.7 Å². The second kappa shape index (κ2) is 12.7. The molecule has 0 aliphatic rings. The van der Waals surface area contributed by atoms with Gasteiger partial charge in [-0.1, -0.05) is 30.7 Å². The first-order chi connectivity index (χ1) is 15.0. The van der Waals surface area contributed by atoms with Gasteiger partial charge >= 0.3 is 0 Å². The number of hydrazone groups is 1. The van der Waals surface area contributed by atoms with Crippen LogP contribution in [0.1, 0.15) is 37.7 Å². The number of methoxy groups -OCH3 is 1. The van der Waals surface area contributed by atoms with Crippen LogP contribution in [0, 0.1) is 0 Å². The molecule has 0 bridgehead atoms. The second-order valence-electron chi connectivity index (χ2n) is 6.73. The molecule has 0 radical (unpaired) electrons. The third-order valence-electron chi connectivity index (χ3n) is 4.33. The van der Waals surface area contributed by atoms with Crippen molar-refractivity contribution in [3.8, 4) is 17.2 Å². The van der Waals surface area contributed by atoms with Crippen LogP contribution in [-0.4, -0.2) is 35.4 Å². The average molecular weight is 425 g/mol. The van der Waals surface area contributed by atoms with Crippen LogP contribution in [-0.2, 0) is 9.59 Å². The number of phenols is 2. The van der Waals surface area contributed by atoms with Crippen LogP contribution < -0.4 is 15.5 Å². The van der Waals surface area contributed by atoms with Crippen molar-refractivity contribution in [1.82, 2.24) is 5.43 Å². The molecule has 31 heavy (non-hydrogen) atoms. The predicted octanol–water partition coefficient (Wildman–Crippen LogP) is 3.81. The van der Waals surface area contributed by atoms with E-state index in [1.807, 2.05) is 0 Å². The molecule has 0 saturated carbocycles. The molecule has 0 aromatic heterocycles. The van der Waals surface area contributed by atoms with Crippen molar-refractivity contribution < 1.29 is 24.5 Å². The molecule has 8 nitrogen and oxygen atoms in total. The summed E-state index contributed by atoms with van der Waals surface area (Å²) in [6.45, 7) is 0. The van der Waals surface area contributed by atoms with Crippen LogP contribution in [0.3, 0.4) is 0 Å². The van der Waals surface area contributed by atoms with Crippen LogP contribution in [0.4, 0.5) is 5.69 Å². The summed E-state index contributed by atoms with van der Waals surface area (Å²) < 4.78 is 5.04. The first-order valence-corrected chi connectivity index (χ1v) is 9.93. The Kier molecular flexibility index (Phi) is 9.61. The normalized spacial score (nSPS) is 11.0. The van der Waals surface area contributed by atoms with Gasteiger partial charge in [0.15, 0.2) is 11.5 Å². The number of allylic oxidation sites excluding steroid dienone is 1. The molecular formula is C23H27N3O5. The molecule has 2 aromatic carbocycles. The summed E-state index contributed by atoms with van der Waals surface area (Å²) in [4.78, 5) is 23.6. The lowest BCUT2D eigenvalue weighted by Gasteiger charge is -2.06. The summed E-state index contributed by atoms with van der Waals surface area (Å²) in [6.07, 6.45) is 7.54. The Bertz CT molecular complexity index is 941. The first kappa shape index (κ1) is 23.5. The number of phenolic OH excluding ortho intramolecular Hbond substituents is 2. The number of unbranched alkanes of at least 4 members (excludes halogenated alkanes) is 2. The largest absolute Gasteiger partial charge is 0.506 e. The van der Waals surface area contributed by atoms with Crippen LogP contribution >= 0.6 is 0 Å². The zero-order chi connectivity index (χ0) is 22.5. The number of rotatable bonds is 11. The fourth-order valence-electron chi connectivity index (χ4n) is 2.70. The molecule has 0 heterocycles. The second-order valence-corrected chi connectivity index (χ2v) is 6.73. The van der Waals surface area contributed by atoms with E-state index in [-0.39, 0.29) is 23.3 Å². The number of aromatic hydroxyl groups is 2. The van der Waals surface area contributed by atoms with E-state index in [9.17, 15) is 19.8 Å². The molecule has 2 aromatic rings. The molecule has 0 unspecified atom stereocenters. The Labute approximate surface area is 181 Å². The molecule has 0 aliphatic heterocycles. The number of ether oxygens (including phenoxy) is 1. The number of carbonyl (C=O) groups is 2. The fraction of sp³-hybridized carbons (Fsp3) is 0.261. The first-order valence-electron chi connectivity index (χ1n) is 9.93. The van der Waals surface area contributed by atoms with Crippen molar-refractivity contribution in [3.05, 3.63) is 54.1 Å². The van der Waals surface area contributed by atoms with Gasteiger partial charge in [-0.25, -0.2) is 5.43 Å². The van der Waals surface area contributed by atoms with E-state index in [2.05, 4.69) is 15.8 Å². The average Bonchev–Trinajstić information content (AvgIpc) is 2.76.